The van der Waals surface area contributed by atoms with E-state index in [-0.39, 0.29) is 0 Å². The van der Waals surface area contributed by atoms with Crippen LogP contribution in [0.15, 0.2) is 101 Å². The summed E-state index contributed by atoms with van der Waals surface area (Å²) >= 11 is 1.76. The fourth-order valence-corrected chi connectivity index (χ4v) is 3.90. The van der Waals surface area contributed by atoms with Crippen molar-refractivity contribution in [1.82, 2.24) is 0 Å². The zero-order chi connectivity index (χ0) is 18.3. The molecule has 1 nitrogen and oxygen atoms in total. The average molecular weight is 369 g/mol. The second-order valence-corrected chi connectivity index (χ2v) is 7.12. The van der Waals surface area contributed by atoms with Crippen LogP contribution in [0.4, 0.5) is 0 Å². The van der Waals surface area contributed by atoms with Crippen molar-refractivity contribution in [3.8, 4) is 11.3 Å². The van der Waals surface area contributed by atoms with Gasteiger partial charge < -0.3 is 4.42 Å². The van der Waals surface area contributed by atoms with Crippen LogP contribution in [-0.4, -0.2) is 0 Å². The van der Waals surface area contributed by atoms with Gasteiger partial charge in [0.05, 0.1) is 0 Å². The third-order valence-corrected chi connectivity index (χ3v) is 5.29. The second kappa shape index (κ2) is 8.52. The summed E-state index contributed by atoms with van der Waals surface area (Å²) in [6.45, 7) is 0. The predicted octanol–water partition coefficient (Wildman–Crippen LogP) is 7.63. The molecule has 0 unspecified atom stereocenters. The molecule has 3 aromatic rings. The van der Waals surface area contributed by atoms with Crippen molar-refractivity contribution in [1.29, 1.82) is 0 Å². The molecule has 0 bridgehead atoms. The fourth-order valence-electron chi connectivity index (χ4n) is 2.97. The second-order valence-electron chi connectivity index (χ2n) is 6.20. The van der Waals surface area contributed by atoms with Crippen molar-refractivity contribution < 1.29 is 4.42 Å². The molecule has 2 aromatic heterocycles. The van der Waals surface area contributed by atoms with Crippen molar-refractivity contribution in [3.05, 3.63) is 113 Å². The van der Waals surface area contributed by atoms with Crippen molar-refractivity contribution in [3.63, 3.8) is 0 Å². The lowest BCUT2D eigenvalue weighted by Crippen LogP contribution is -1.81. The van der Waals surface area contributed by atoms with Gasteiger partial charge in [0.15, 0.2) is 0 Å². The number of hydrogen-bond acceptors (Lipinski definition) is 2. The summed E-state index contributed by atoms with van der Waals surface area (Å²) in [6, 6.07) is 16.5. The van der Waals surface area contributed by atoms with Crippen molar-refractivity contribution in [2.75, 3.05) is 0 Å². The Labute approximate surface area is 164 Å². The van der Waals surface area contributed by atoms with Crippen LogP contribution in [0.1, 0.15) is 22.6 Å². The van der Waals surface area contributed by atoms with Gasteiger partial charge in [0.1, 0.15) is 11.5 Å². The van der Waals surface area contributed by atoms with Crippen LogP contribution in [0.3, 0.4) is 0 Å². The largest absolute Gasteiger partial charge is 0.457 e. The Morgan fingerprint density at radius 3 is 2.67 bits per heavy atom. The van der Waals surface area contributed by atoms with E-state index in [9.17, 15) is 0 Å². The smallest absolute Gasteiger partial charge is 0.136 e. The van der Waals surface area contributed by atoms with E-state index in [0.717, 1.165) is 23.5 Å². The van der Waals surface area contributed by atoms with Crippen molar-refractivity contribution >= 4 is 29.1 Å². The molecule has 0 fully saturated rings. The minimum absolute atomic E-state index is 0.856. The van der Waals surface area contributed by atoms with Crippen LogP contribution < -0.4 is 0 Å². The van der Waals surface area contributed by atoms with Crippen LogP contribution in [0, 0.1) is 0 Å². The van der Waals surface area contributed by atoms with Gasteiger partial charge in [-0.15, -0.1) is 11.3 Å². The molecule has 0 radical (unpaired) electrons. The summed E-state index contributed by atoms with van der Waals surface area (Å²) in [7, 11) is 0. The predicted molar refractivity (Wildman–Crippen MR) is 117 cm³/mol. The molecular weight excluding hydrogens is 348 g/mol. The van der Waals surface area contributed by atoms with E-state index in [1.165, 1.54) is 16.0 Å². The molecular formula is C25H20OS. The Hall–Kier alpha value is -3.10. The number of hydrogen-bond donors (Lipinski definition) is 0. The maximum absolute atomic E-state index is 6.07. The highest BCUT2D eigenvalue weighted by Crippen LogP contribution is 2.36. The van der Waals surface area contributed by atoms with Gasteiger partial charge in [-0.25, -0.2) is 0 Å². The zero-order valence-electron chi connectivity index (χ0n) is 14.9. The third-order valence-electron chi connectivity index (χ3n) is 4.30. The summed E-state index contributed by atoms with van der Waals surface area (Å²) in [6.07, 6.45) is 19.7. The highest BCUT2D eigenvalue weighted by atomic mass is 32.1. The highest BCUT2D eigenvalue weighted by Gasteiger charge is 2.13. The Morgan fingerprint density at radius 1 is 0.852 bits per heavy atom. The van der Waals surface area contributed by atoms with Crippen LogP contribution in [0.5, 0.6) is 0 Å². The molecule has 0 saturated heterocycles. The fraction of sp³-hybridized carbons (Fsp3) is 0.0400. The molecule has 132 valence electrons. The normalized spacial score (nSPS) is 14.1. The maximum Gasteiger partial charge on any atom is 0.136 e. The molecule has 2 heterocycles. The van der Waals surface area contributed by atoms with Crippen LogP contribution in [0.2, 0.25) is 0 Å². The van der Waals surface area contributed by atoms with Crippen LogP contribution >= 0.6 is 11.3 Å². The highest BCUT2D eigenvalue weighted by molar-refractivity contribution is 7.11. The zero-order valence-corrected chi connectivity index (χ0v) is 15.7. The summed E-state index contributed by atoms with van der Waals surface area (Å²) in [5.74, 6) is 1.77. The first-order valence-corrected chi connectivity index (χ1v) is 9.88. The molecule has 27 heavy (non-hydrogen) atoms. The number of thiophene rings is 1. The first-order chi connectivity index (χ1) is 13.4. The van der Waals surface area contributed by atoms with Gasteiger partial charge in [0, 0.05) is 10.4 Å². The van der Waals surface area contributed by atoms with E-state index in [0.29, 0.717) is 0 Å². The van der Waals surface area contributed by atoms with Gasteiger partial charge >= 0.3 is 0 Å². The van der Waals surface area contributed by atoms with E-state index in [4.69, 9.17) is 4.42 Å². The molecule has 0 saturated carbocycles. The summed E-state index contributed by atoms with van der Waals surface area (Å²) in [4.78, 5) is 1.28. The molecule has 0 spiro atoms. The molecule has 4 rings (SSSR count). The molecule has 0 amide bonds. The molecule has 2 heteroatoms. The molecule has 0 N–H and O–H groups in total. The van der Waals surface area contributed by atoms with Gasteiger partial charge in [0.25, 0.3) is 0 Å². The Bertz CT molecular complexity index is 1040. The van der Waals surface area contributed by atoms with Crippen molar-refractivity contribution in [2.45, 2.75) is 6.42 Å². The molecule has 1 aliphatic rings. The Balaban J connectivity index is 1.50. The van der Waals surface area contributed by atoms with Crippen LogP contribution in [-0.2, 0) is 0 Å². The Kier molecular flexibility index (Phi) is 5.47. The number of allylic oxidation sites excluding steroid dienone is 8. The quantitative estimate of drug-likeness (QED) is 0.422. The molecule has 0 aliphatic heterocycles. The minimum Gasteiger partial charge on any atom is -0.457 e. The monoisotopic (exact) mass is 368 g/mol. The van der Waals surface area contributed by atoms with E-state index < -0.39 is 0 Å². The van der Waals surface area contributed by atoms with Gasteiger partial charge in [-0.3, -0.25) is 0 Å². The van der Waals surface area contributed by atoms with Crippen LogP contribution in [0.25, 0.3) is 29.0 Å². The molecule has 1 aliphatic carbocycles. The molecule has 1 aromatic carbocycles. The first kappa shape index (κ1) is 17.3. The van der Waals surface area contributed by atoms with E-state index >= 15 is 0 Å². The maximum atomic E-state index is 6.07. The third kappa shape index (κ3) is 4.36. The SMILES string of the molecule is C1=CC=C(c2sccc2-c2ccc(/C=C/C=C/c3ccccc3)o2)CC=C1. The Morgan fingerprint density at radius 2 is 1.74 bits per heavy atom. The van der Waals surface area contributed by atoms with Gasteiger partial charge in [0.2, 0.25) is 0 Å². The number of furan rings is 1. The minimum atomic E-state index is 0.856. The van der Waals surface area contributed by atoms with E-state index in [2.05, 4.69) is 66.1 Å². The first-order valence-electron chi connectivity index (χ1n) is 9.00. The summed E-state index contributed by atoms with van der Waals surface area (Å²) in [5.41, 5.74) is 3.67. The van der Waals surface area contributed by atoms with E-state index in [1.54, 1.807) is 11.3 Å². The summed E-state index contributed by atoms with van der Waals surface area (Å²) in [5, 5.41) is 2.13. The number of benzene rings is 1. The van der Waals surface area contributed by atoms with Crippen molar-refractivity contribution in [2.24, 2.45) is 0 Å². The van der Waals surface area contributed by atoms with Gasteiger partial charge in [-0.1, -0.05) is 78.9 Å². The summed E-state index contributed by atoms with van der Waals surface area (Å²) < 4.78 is 6.07. The lowest BCUT2D eigenvalue weighted by molar-refractivity contribution is 0.572. The topological polar surface area (TPSA) is 13.1 Å². The van der Waals surface area contributed by atoms with E-state index in [1.807, 2.05) is 42.5 Å². The van der Waals surface area contributed by atoms with Gasteiger partial charge in [-0.2, -0.15) is 0 Å². The standard InChI is InChI=1S/C25H20OS/c1-2-7-14-21(13-6-1)25-23(18-19-27-25)24-17-16-22(26-24)15-9-8-12-20-10-4-3-5-11-20/h1-13,15-19H,14H2/b12-8+,15-9+. The number of rotatable bonds is 5. The van der Waals surface area contributed by atoms with Gasteiger partial charge in [-0.05, 0) is 47.2 Å². The molecule has 0 atom stereocenters. The lowest BCUT2D eigenvalue weighted by atomic mass is 10.1. The lowest BCUT2D eigenvalue weighted by Gasteiger charge is -2.04. The average Bonchev–Trinajstić information content (AvgIpc) is 3.29.